The van der Waals surface area contributed by atoms with Gasteiger partial charge in [0.15, 0.2) is 10.7 Å². The Bertz CT molecular complexity index is 1590. The molecule has 1 atom stereocenters. The van der Waals surface area contributed by atoms with E-state index in [0.29, 0.717) is 5.52 Å². The van der Waals surface area contributed by atoms with Gasteiger partial charge in [0, 0.05) is 24.5 Å². The molecular weight excluding hydrogens is 525 g/mol. The lowest BCUT2D eigenvalue weighted by Gasteiger charge is -2.20. The molecule has 0 spiro atoms. The summed E-state index contributed by atoms with van der Waals surface area (Å²) in [6.07, 6.45) is -2.25. The summed E-state index contributed by atoms with van der Waals surface area (Å²) in [5, 5.41) is 9.71. The van der Waals surface area contributed by atoms with Crippen LogP contribution in [0.4, 0.5) is 13.2 Å². The number of aryl methyl sites for hydroxylation is 1. The number of pyridine rings is 1. The summed E-state index contributed by atoms with van der Waals surface area (Å²) < 4.78 is 55.3. The number of hydrogen-bond donors (Lipinski definition) is 2. The minimum atomic E-state index is -4.65. The Morgan fingerprint density at radius 1 is 1.16 bits per heavy atom. The normalized spacial score (nSPS) is 13.2. The number of rotatable bonds is 6. The highest BCUT2D eigenvalue weighted by molar-refractivity contribution is 7.85. The molecule has 0 saturated heterocycles. The summed E-state index contributed by atoms with van der Waals surface area (Å²) in [6, 6.07) is 2.21. The van der Waals surface area contributed by atoms with Crippen molar-refractivity contribution in [3.05, 3.63) is 35.9 Å². The van der Waals surface area contributed by atoms with Gasteiger partial charge in [-0.3, -0.25) is 13.8 Å². The molecule has 4 heterocycles. The predicted molar refractivity (Wildman–Crippen MR) is 133 cm³/mol. The molecule has 4 aromatic rings. The van der Waals surface area contributed by atoms with E-state index < -0.39 is 40.0 Å². The lowest BCUT2D eigenvalue weighted by molar-refractivity contribution is -0.141. The smallest absolute Gasteiger partial charge is 0.350 e. The van der Waals surface area contributed by atoms with Crippen molar-refractivity contribution in [3.8, 4) is 11.4 Å². The van der Waals surface area contributed by atoms with Crippen LogP contribution in [0.2, 0.25) is 0 Å². The Morgan fingerprint density at radius 3 is 2.50 bits per heavy atom. The van der Waals surface area contributed by atoms with Gasteiger partial charge in [-0.15, -0.1) is 0 Å². The Labute approximate surface area is 217 Å². The first-order chi connectivity index (χ1) is 17.7. The van der Waals surface area contributed by atoms with Gasteiger partial charge in [0.05, 0.1) is 40.1 Å². The molecule has 0 saturated carbocycles. The van der Waals surface area contributed by atoms with Crippen molar-refractivity contribution in [1.82, 2.24) is 39.8 Å². The van der Waals surface area contributed by atoms with Gasteiger partial charge in [0.2, 0.25) is 5.91 Å². The summed E-state index contributed by atoms with van der Waals surface area (Å²) in [7, 11) is -0.0686. The highest BCUT2D eigenvalue weighted by Gasteiger charge is 2.33. The van der Waals surface area contributed by atoms with Gasteiger partial charge in [-0.25, -0.2) is 19.5 Å². The third-order valence-corrected chi connectivity index (χ3v) is 6.64. The molecule has 202 valence electrons. The molecule has 0 aliphatic carbocycles. The molecule has 4 rings (SSSR count). The zero-order valence-electron chi connectivity index (χ0n) is 21.2. The SMILES string of the molecule is CCS(=O)c1nn2c(C(=O)NCC(=O)NC(C)(C)C)ccnc2c1-c1nc2cc(C(F)(F)F)ncc2n1C. The van der Waals surface area contributed by atoms with Gasteiger partial charge in [-0.05, 0) is 32.9 Å². The van der Waals surface area contributed by atoms with Crippen molar-refractivity contribution < 1.29 is 27.0 Å². The molecule has 2 amide bonds. The molecular formula is C23H25F3N8O3S. The van der Waals surface area contributed by atoms with Crippen LogP contribution in [0.5, 0.6) is 0 Å². The van der Waals surface area contributed by atoms with Crippen LogP contribution in [0, 0.1) is 0 Å². The lowest BCUT2D eigenvalue weighted by atomic mass is 10.1. The first-order valence-corrected chi connectivity index (χ1v) is 12.8. The number of imidazole rings is 1. The molecule has 2 N–H and O–H groups in total. The summed E-state index contributed by atoms with van der Waals surface area (Å²) in [6.45, 7) is 6.80. The second-order valence-electron chi connectivity index (χ2n) is 9.41. The number of alkyl halides is 3. The quantitative estimate of drug-likeness (QED) is 0.376. The Kier molecular flexibility index (Phi) is 6.99. The number of nitrogens with one attached hydrogen (secondary N) is 2. The van der Waals surface area contributed by atoms with Gasteiger partial charge in [0.1, 0.15) is 17.2 Å². The molecule has 0 bridgehead atoms. The fourth-order valence-corrected chi connectivity index (χ4v) is 4.63. The Hall–Kier alpha value is -3.88. The van der Waals surface area contributed by atoms with Crippen molar-refractivity contribution in [3.63, 3.8) is 0 Å². The zero-order chi connectivity index (χ0) is 28.0. The van der Waals surface area contributed by atoms with E-state index >= 15 is 0 Å². The van der Waals surface area contributed by atoms with Gasteiger partial charge in [0.25, 0.3) is 5.91 Å². The standard InChI is InChI=1S/C23H25F3N8O3S/c1-6-38(37)21-17(19-30-12-9-15(23(24,25)26)28-10-14(12)33(19)5)18-27-8-7-13(34(18)32-21)20(36)29-11-16(35)31-22(2,3)4/h7-10H,6,11H2,1-5H3,(H,29,36)(H,31,35). The van der Waals surface area contributed by atoms with E-state index in [1.165, 1.54) is 21.3 Å². The maximum absolute atomic E-state index is 13.2. The molecule has 0 radical (unpaired) electrons. The van der Waals surface area contributed by atoms with E-state index in [4.69, 9.17) is 0 Å². The number of carbonyl (C=O) groups is 2. The second kappa shape index (κ2) is 9.78. The van der Waals surface area contributed by atoms with Gasteiger partial charge in [-0.2, -0.15) is 18.3 Å². The zero-order valence-corrected chi connectivity index (χ0v) is 22.0. The van der Waals surface area contributed by atoms with Crippen LogP contribution in [-0.4, -0.2) is 63.0 Å². The van der Waals surface area contributed by atoms with Crippen LogP contribution in [-0.2, 0) is 28.8 Å². The first-order valence-electron chi connectivity index (χ1n) is 11.5. The number of carbonyl (C=O) groups excluding carboxylic acids is 2. The van der Waals surface area contributed by atoms with E-state index in [0.717, 1.165) is 12.3 Å². The number of aromatic nitrogens is 6. The van der Waals surface area contributed by atoms with Crippen LogP contribution in [0.1, 0.15) is 43.9 Å². The highest BCUT2D eigenvalue weighted by atomic mass is 32.2. The van der Waals surface area contributed by atoms with E-state index in [1.807, 2.05) is 0 Å². The van der Waals surface area contributed by atoms with E-state index in [-0.39, 0.29) is 45.6 Å². The highest BCUT2D eigenvalue weighted by Crippen LogP contribution is 2.34. The minimum absolute atomic E-state index is 0.0129. The van der Waals surface area contributed by atoms with Crippen LogP contribution in [0.15, 0.2) is 29.6 Å². The van der Waals surface area contributed by atoms with Crippen LogP contribution in [0.25, 0.3) is 28.1 Å². The molecule has 0 aromatic carbocycles. The van der Waals surface area contributed by atoms with Gasteiger partial charge < -0.3 is 15.2 Å². The van der Waals surface area contributed by atoms with Crippen molar-refractivity contribution >= 4 is 39.3 Å². The van der Waals surface area contributed by atoms with E-state index in [1.54, 1.807) is 34.7 Å². The maximum atomic E-state index is 13.2. The molecule has 1 unspecified atom stereocenters. The monoisotopic (exact) mass is 550 g/mol. The first kappa shape index (κ1) is 27.2. The molecule has 0 aliphatic rings. The Morgan fingerprint density at radius 2 is 1.87 bits per heavy atom. The average Bonchev–Trinajstić information content (AvgIpc) is 3.37. The third-order valence-electron chi connectivity index (χ3n) is 5.40. The van der Waals surface area contributed by atoms with Crippen molar-refractivity contribution in [2.24, 2.45) is 7.05 Å². The van der Waals surface area contributed by atoms with Crippen molar-refractivity contribution in [2.75, 3.05) is 12.3 Å². The van der Waals surface area contributed by atoms with Gasteiger partial charge in [-0.1, -0.05) is 6.92 Å². The van der Waals surface area contributed by atoms with Crippen LogP contribution >= 0.6 is 0 Å². The van der Waals surface area contributed by atoms with E-state index in [2.05, 4.69) is 30.7 Å². The number of fused-ring (bicyclic) bond motifs is 2. The number of amides is 2. The number of halogens is 3. The summed E-state index contributed by atoms with van der Waals surface area (Å²) in [4.78, 5) is 37.3. The average molecular weight is 551 g/mol. The minimum Gasteiger partial charge on any atom is -0.350 e. The van der Waals surface area contributed by atoms with E-state index in [9.17, 15) is 27.0 Å². The topological polar surface area (TPSA) is 136 Å². The third kappa shape index (κ3) is 5.23. The second-order valence-corrected chi connectivity index (χ2v) is 11.1. The van der Waals surface area contributed by atoms with Gasteiger partial charge >= 0.3 is 6.18 Å². The molecule has 15 heteroatoms. The fraction of sp³-hybridized carbons (Fsp3) is 0.391. The molecule has 4 aromatic heterocycles. The molecule has 0 fully saturated rings. The molecule has 38 heavy (non-hydrogen) atoms. The fourth-order valence-electron chi connectivity index (χ4n) is 3.77. The lowest BCUT2D eigenvalue weighted by Crippen LogP contribution is -2.46. The summed E-state index contributed by atoms with van der Waals surface area (Å²) in [5.41, 5.74) is -0.911. The predicted octanol–water partition coefficient (Wildman–Crippen LogP) is 2.47. The number of nitrogens with zero attached hydrogens (tertiary/aromatic N) is 6. The molecule has 11 nitrogen and oxygen atoms in total. The van der Waals surface area contributed by atoms with Crippen LogP contribution < -0.4 is 10.6 Å². The Balaban J connectivity index is 1.82. The maximum Gasteiger partial charge on any atom is 0.433 e. The van der Waals surface area contributed by atoms with Crippen molar-refractivity contribution in [2.45, 2.75) is 44.4 Å². The molecule has 0 aliphatic heterocycles. The largest absolute Gasteiger partial charge is 0.433 e. The van der Waals surface area contributed by atoms with Crippen molar-refractivity contribution in [1.29, 1.82) is 0 Å². The summed E-state index contributed by atoms with van der Waals surface area (Å²) in [5.74, 6) is -0.692. The number of hydrogen-bond acceptors (Lipinski definition) is 7. The van der Waals surface area contributed by atoms with Crippen LogP contribution in [0.3, 0.4) is 0 Å². The summed E-state index contributed by atoms with van der Waals surface area (Å²) >= 11 is 0.